The zero-order valence-electron chi connectivity index (χ0n) is 16.5. The molecule has 0 N–H and O–H groups in total. The summed E-state index contributed by atoms with van der Waals surface area (Å²) in [5.74, 6) is 0.665. The molecule has 0 aliphatic rings. The monoisotopic (exact) mass is 423 g/mol. The Balaban J connectivity index is 1.79. The van der Waals surface area contributed by atoms with E-state index in [4.69, 9.17) is 9.72 Å². The minimum absolute atomic E-state index is 0.0750. The van der Waals surface area contributed by atoms with Crippen LogP contribution >= 0.6 is 22.7 Å². The number of hydrogen-bond acceptors (Lipinski definition) is 6. The zero-order chi connectivity index (χ0) is 20.4. The molecule has 148 valence electrons. The molecule has 29 heavy (non-hydrogen) atoms. The summed E-state index contributed by atoms with van der Waals surface area (Å²) in [6.45, 7) is 6.76. The number of para-hydroxylation sites is 1. The lowest BCUT2D eigenvalue weighted by Gasteiger charge is -2.19. The van der Waals surface area contributed by atoms with E-state index in [2.05, 4.69) is 4.98 Å². The molecule has 0 saturated heterocycles. The van der Waals surface area contributed by atoms with Crippen molar-refractivity contribution in [3.05, 3.63) is 69.7 Å². The number of ether oxygens (including phenoxy) is 1. The second-order valence-corrected chi connectivity index (χ2v) is 8.77. The first kappa shape index (κ1) is 19.5. The van der Waals surface area contributed by atoms with E-state index < -0.39 is 0 Å². The molecule has 4 rings (SSSR count). The van der Waals surface area contributed by atoms with Gasteiger partial charge >= 0.3 is 0 Å². The number of hydrogen-bond donors (Lipinski definition) is 0. The molecule has 1 amide bonds. The summed E-state index contributed by atoms with van der Waals surface area (Å²) in [6.07, 6.45) is 0. The number of rotatable bonds is 6. The lowest BCUT2D eigenvalue weighted by molar-refractivity contribution is 0.0988. The summed E-state index contributed by atoms with van der Waals surface area (Å²) in [5, 5.41) is 1.54. The van der Waals surface area contributed by atoms with Gasteiger partial charge in [0.1, 0.15) is 16.1 Å². The van der Waals surface area contributed by atoms with Gasteiger partial charge in [-0.25, -0.2) is 9.97 Å². The fourth-order valence-corrected chi connectivity index (χ4v) is 4.99. The highest BCUT2D eigenvalue weighted by Crippen LogP contribution is 2.36. The van der Waals surface area contributed by atoms with Gasteiger partial charge in [-0.2, -0.15) is 0 Å². The third-order valence-corrected chi connectivity index (χ3v) is 6.53. The van der Waals surface area contributed by atoms with Gasteiger partial charge in [-0.1, -0.05) is 47.7 Å². The van der Waals surface area contributed by atoms with Crippen molar-refractivity contribution in [3.63, 3.8) is 0 Å². The van der Waals surface area contributed by atoms with Gasteiger partial charge in [0.2, 0.25) is 0 Å². The number of fused-ring (bicyclic) bond motifs is 1. The summed E-state index contributed by atoms with van der Waals surface area (Å²) in [6, 6.07) is 15.8. The maximum absolute atomic E-state index is 13.5. The standard InChI is InChI=1S/C22H21N3O2S2/c1-4-27-17-11-8-12-18-19(17)24-22(29-18)25(13-16-9-6-5-7-10-16)21(26)20-14(2)23-15(3)28-20/h5-12H,4,13H2,1-3H3. The van der Waals surface area contributed by atoms with Gasteiger partial charge in [0.15, 0.2) is 5.13 Å². The van der Waals surface area contributed by atoms with Crippen molar-refractivity contribution < 1.29 is 9.53 Å². The van der Waals surface area contributed by atoms with Gasteiger partial charge in [0.25, 0.3) is 5.91 Å². The molecule has 0 radical (unpaired) electrons. The first-order chi connectivity index (χ1) is 14.1. The molecule has 7 heteroatoms. The van der Waals surface area contributed by atoms with Crippen molar-refractivity contribution in [2.24, 2.45) is 0 Å². The van der Waals surface area contributed by atoms with Gasteiger partial charge in [0, 0.05) is 0 Å². The van der Waals surface area contributed by atoms with Gasteiger partial charge in [-0.3, -0.25) is 9.69 Å². The summed E-state index contributed by atoms with van der Waals surface area (Å²) in [5.41, 5.74) is 2.59. The second-order valence-electron chi connectivity index (χ2n) is 6.56. The first-order valence-electron chi connectivity index (χ1n) is 9.39. The average Bonchev–Trinajstić information content (AvgIpc) is 3.30. The number of benzene rings is 2. The van der Waals surface area contributed by atoms with E-state index in [1.165, 1.54) is 22.7 Å². The zero-order valence-corrected chi connectivity index (χ0v) is 18.1. The average molecular weight is 424 g/mol. The largest absolute Gasteiger partial charge is 0.492 e. The lowest BCUT2D eigenvalue weighted by atomic mass is 10.2. The molecule has 0 atom stereocenters. The van der Waals surface area contributed by atoms with E-state index in [1.54, 1.807) is 4.90 Å². The van der Waals surface area contributed by atoms with Crippen LogP contribution in [0.4, 0.5) is 5.13 Å². The van der Waals surface area contributed by atoms with Gasteiger partial charge in [-0.05, 0) is 38.5 Å². The number of carbonyl (C=O) groups is 1. The number of aromatic nitrogens is 2. The van der Waals surface area contributed by atoms with Crippen molar-refractivity contribution in [2.45, 2.75) is 27.3 Å². The highest BCUT2D eigenvalue weighted by Gasteiger charge is 2.25. The lowest BCUT2D eigenvalue weighted by Crippen LogP contribution is -2.30. The van der Waals surface area contributed by atoms with E-state index in [9.17, 15) is 4.79 Å². The Labute approximate surface area is 177 Å². The molecule has 0 aliphatic heterocycles. The van der Waals surface area contributed by atoms with E-state index in [0.29, 0.717) is 23.2 Å². The fourth-order valence-electron chi connectivity index (χ4n) is 3.14. The third-order valence-electron chi connectivity index (χ3n) is 4.43. The maximum Gasteiger partial charge on any atom is 0.272 e. The predicted molar refractivity (Wildman–Crippen MR) is 119 cm³/mol. The van der Waals surface area contributed by atoms with E-state index in [-0.39, 0.29) is 5.91 Å². The third kappa shape index (κ3) is 4.02. The van der Waals surface area contributed by atoms with Gasteiger partial charge < -0.3 is 4.74 Å². The van der Waals surface area contributed by atoms with E-state index in [1.807, 2.05) is 69.3 Å². The summed E-state index contributed by atoms with van der Waals surface area (Å²) in [4.78, 5) is 25.1. The van der Waals surface area contributed by atoms with Crippen LogP contribution in [0.1, 0.15) is 32.9 Å². The van der Waals surface area contributed by atoms with Crippen LogP contribution < -0.4 is 9.64 Å². The maximum atomic E-state index is 13.5. The number of carbonyl (C=O) groups excluding carboxylic acids is 1. The van der Waals surface area contributed by atoms with Crippen molar-refractivity contribution in [1.82, 2.24) is 9.97 Å². The van der Waals surface area contributed by atoms with Crippen LogP contribution in [0.3, 0.4) is 0 Å². The fraction of sp³-hybridized carbons (Fsp3) is 0.227. The molecule has 0 fully saturated rings. The van der Waals surface area contributed by atoms with Gasteiger partial charge in [0.05, 0.1) is 28.6 Å². The van der Waals surface area contributed by atoms with Crippen molar-refractivity contribution >= 4 is 43.9 Å². The molecule has 0 unspecified atom stereocenters. The summed E-state index contributed by atoms with van der Waals surface area (Å²) in [7, 11) is 0. The van der Waals surface area contributed by atoms with Crippen LogP contribution in [-0.4, -0.2) is 22.5 Å². The summed E-state index contributed by atoms with van der Waals surface area (Å²) < 4.78 is 6.73. The van der Waals surface area contributed by atoms with Crippen LogP contribution in [0.25, 0.3) is 10.2 Å². The van der Waals surface area contributed by atoms with Crippen LogP contribution in [-0.2, 0) is 6.54 Å². The number of amides is 1. The number of anilines is 1. The molecule has 2 aromatic heterocycles. The van der Waals surface area contributed by atoms with Crippen LogP contribution in [0.2, 0.25) is 0 Å². The molecule has 4 aromatic rings. The molecule has 0 aliphatic carbocycles. The molecular weight excluding hydrogens is 402 g/mol. The molecular formula is C22H21N3O2S2. The smallest absolute Gasteiger partial charge is 0.272 e. The highest BCUT2D eigenvalue weighted by atomic mass is 32.1. The van der Waals surface area contributed by atoms with Crippen LogP contribution in [0.5, 0.6) is 5.75 Å². The first-order valence-corrected chi connectivity index (χ1v) is 11.0. The number of aryl methyl sites for hydroxylation is 2. The SMILES string of the molecule is CCOc1cccc2sc(N(Cc3ccccc3)C(=O)c3sc(C)nc3C)nc12. The Morgan fingerprint density at radius 3 is 2.52 bits per heavy atom. The van der Waals surface area contributed by atoms with Crippen molar-refractivity contribution in [2.75, 3.05) is 11.5 Å². The minimum atomic E-state index is -0.0750. The summed E-state index contributed by atoms with van der Waals surface area (Å²) >= 11 is 2.92. The Bertz CT molecular complexity index is 1150. The Hall–Kier alpha value is -2.77. The van der Waals surface area contributed by atoms with Crippen LogP contribution in [0.15, 0.2) is 48.5 Å². The molecule has 2 aromatic carbocycles. The van der Waals surface area contributed by atoms with E-state index >= 15 is 0 Å². The van der Waals surface area contributed by atoms with E-state index in [0.717, 1.165) is 32.2 Å². The molecule has 5 nitrogen and oxygen atoms in total. The Morgan fingerprint density at radius 2 is 1.83 bits per heavy atom. The topological polar surface area (TPSA) is 55.3 Å². The normalized spacial score (nSPS) is 11.0. The molecule has 0 saturated carbocycles. The van der Waals surface area contributed by atoms with Gasteiger partial charge in [-0.15, -0.1) is 11.3 Å². The Kier molecular flexibility index (Phi) is 5.60. The second kappa shape index (κ2) is 8.31. The molecule has 0 bridgehead atoms. The van der Waals surface area contributed by atoms with Crippen molar-refractivity contribution in [1.29, 1.82) is 0 Å². The van der Waals surface area contributed by atoms with Crippen LogP contribution in [0, 0.1) is 13.8 Å². The highest BCUT2D eigenvalue weighted by molar-refractivity contribution is 7.22. The van der Waals surface area contributed by atoms with Crippen molar-refractivity contribution in [3.8, 4) is 5.75 Å². The Morgan fingerprint density at radius 1 is 1.03 bits per heavy atom. The number of nitrogens with zero attached hydrogens (tertiary/aromatic N) is 3. The quantitative estimate of drug-likeness (QED) is 0.404. The molecule has 2 heterocycles. The minimum Gasteiger partial charge on any atom is -0.492 e. The predicted octanol–water partition coefficient (Wildman–Crippen LogP) is 5.62. The number of thiazole rings is 2. The molecule has 0 spiro atoms.